The number of hydrogen-bond acceptors (Lipinski definition) is 8. The molecule has 0 aliphatic heterocycles. The van der Waals surface area contributed by atoms with Crippen LogP contribution in [0.2, 0.25) is 0 Å². The van der Waals surface area contributed by atoms with Crippen LogP contribution in [0, 0.1) is 0 Å². The van der Waals surface area contributed by atoms with Crippen molar-refractivity contribution in [2.24, 2.45) is 5.73 Å². The molecule has 10 heteroatoms. The van der Waals surface area contributed by atoms with Gasteiger partial charge in [-0.2, -0.15) is 0 Å². The second-order valence-corrected chi connectivity index (χ2v) is 19.9. The molecule has 378 valence electrons. The van der Waals surface area contributed by atoms with E-state index in [0.717, 1.165) is 38.5 Å². The average molecular weight is 926 g/mol. The lowest BCUT2D eigenvalue weighted by Crippen LogP contribution is -2.29. The smallest absolute Gasteiger partial charge is 0.462 e. The number of rotatable bonds is 52. The van der Waals surface area contributed by atoms with Gasteiger partial charge in [0.15, 0.2) is 6.10 Å². The molecule has 0 amide bonds. The Hall–Kier alpha value is -1.51. The molecule has 0 bridgehead atoms. The van der Waals surface area contributed by atoms with Crippen molar-refractivity contribution in [2.45, 2.75) is 283 Å². The molecule has 0 fully saturated rings. The van der Waals surface area contributed by atoms with Crippen LogP contribution in [0.15, 0.2) is 24.3 Å². The molecule has 0 aromatic heterocycles. The molecule has 3 N–H and O–H groups in total. The zero-order chi connectivity index (χ0) is 46.7. The zero-order valence-electron chi connectivity index (χ0n) is 42.0. The third-order valence-corrected chi connectivity index (χ3v) is 13.0. The van der Waals surface area contributed by atoms with E-state index in [1.165, 1.54) is 205 Å². The topological polar surface area (TPSA) is 134 Å². The second kappa shape index (κ2) is 50.9. The van der Waals surface area contributed by atoms with E-state index >= 15 is 0 Å². The maximum absolute atomic E-state index is 12.7. The number of unbranched alkanes of at least 4 members (excludes halogenated alkanes) is 35. The van der Waals surface area contributed by atoms with Crippen molar-refractivity contribution in [2.75, 3.05) is 26.4 Å². The van der Waals surface area contributed by atoms with E-state index in [4.69, 9.17) is 24.3 Å². The van der Waals surface area contributed by atoms with Crippen molar-refractivity contribution in [1.82, 2.24) is 0 Å². The molecule has 2 unspecified atom stereocenters. The van der Waals surface area contributed by atoms with E-state index in [1.54, 1.807) is 0 Å². The van der Waals surface area contributed by atoms with Crippen LogP contribution in [0.1, 0.15) is 277 Å². The third-order valence-electron chi connectivity index (χ3n) is 12.1. The standard InChI is InChI=1S/C54H104NO8P/c1-3-5-7-9-11-13-15-17-19-21-23-24-25-26-27-28-29-31-33-35-37-39-41-43-45-47-54(57)63-52(51-62-64(58,59)61-49-48-55)50-60-53(56)46-44-42-40-38-36-34-32-30-22-20-18-16-14-12-10-8-6-4-2/h20-23,52H,3-19,24-51,55H2,1-2H3,(H,58,59)/b22-20-,23-21-. The van der Waals surface area contributed by atoms with Gasteiger partial charge in [0.2, 0.25) is 0 Å². The van der Waals surface area contributed by atoms with Gasteiger partial charge in [-0.1, -0.05) is 224 Å². The minimum atomic E-state index is -4.38. The minimum absolute atomic E-state index is 0.0546. The van der Waals surface area contributed by atoms with E-state index in [1.807, 2.05) is 0 Å². The summed E-state index contributed by atoms with van der Waals surface area (Å²) in [4.78, 5) is 35.1. The fourth-order valence-corrected chi connectivity index (χ4v) is 8.75. The fraction of sp³-hybridized carbons (Fsp3) is 0.889. The van der Waals surface area contributed by atoms with Gasteiger partial charge in [-0.05, 0) is 64.2 Å². The van der Waals surface area contributed by atoms with Crippen LogP contribution < -0.4 is 5.73 Å². The lowest BCUT2D eigenvalue weighted by Gasteiger charge is -2.19. The second-order valence-electron chi connectivity index (χ2n) is 18.4. The Morgan fingerprint density at radius 1 is 0.453 bits per heavy atom. The Labute approximate surface area is 395 Å². The molecule has 2 atom stereocenters. The molecule has 0 heterocycles. The summed E-state index contributed by atoms with van der Waals surface area (Å²) in [5.41, 5.74) is 5.37. The maximum Gasteiger partial charge on any atom is 0.472 e. The number of phosphoric acid groups is 1. The molecule has 0 saturated carbocycles. The van der Waals surface area contributed by atoms with Crippen LogP contribution in [0.3, 0.4) is 0 Å². The van der Waals surface area contributed by atoms with Crippen molar-refractivity contribution < 1.29 is 37.6 Å². The molecule has 0 saturated heterocycles. The summed E-state index contributed by atoms with van der Waals surface area (Å²) in [5, 5.41) is 0. The highest BCUT2D eigenvalue weighted by atomic mass is 31.2. The SMILES string of the molecule is CCCCCCCCC/C=C\CCCCCCCCCC(=O)OCC(COP(=O)(O)OCCN)OC(=O)CCCCCCCCCCCCCCC/C=C\CCCCCCCCCC. The third kappa shape index (κ3) is 49.9. The fourth-order valence-electron chi connectivity index (χ4n) is 7.98. The van der Waals surface area contributed by atoms with E-state index in [2.05, 4.69) is 38.2 Å². The predicted molar refractivity (Wildman–Crippen MR) is 271 cm³/mol. The average Bonchev–Trinajstić information content (AvgIpc) is 3.28. The molecule has 0 radical (unpaired) electrons. The van der Waals surface area contributed by atoms with Crippen molar-refractivity contribution in [3.8, 4) is 0 Å². The molecule has 0 aromatic carbocycles. The monoisotopic (exact) mass is 926 g/mol. The van der Waals surface area contributed by atoms with Crippen LogP contribution in [0.25, 0.3) is 0 Å². The number of nitrogens with two attached hydrogens (primary N) is 1. The summed E-state index contributed by atoms with van der Waals surface area (Å²) in [7, 11) is -4.38. The molecule has 9 nitrogen and oxygen atoms in total. The first-order valence-corrected chi connectivity index (χ1v) is 28.8. The lowest BCUT2D eigenvalue weighted by molar-refractivity contribution is -0.161. The molecule has 0 rings (SSSR count). The molecule has 0 aromatic rings. The number of ether oxygens (including phenoxy) is 2. The number of phosphoric ester groups is 1. The van der Waals surface area contributed by atoms with Crippen molar-refractivity contribution in [3.05, 3.63) is 24.3 Å². The van der Waals surface area contributed by atoms with Crippen molar-refractivity contribution in [1.29, 1.82) is 0 Å². The number of esters is 2. The Kier molecular flexibility index (Phi) is 49.7. The highest BCUT2D eigenvalue weighted by Gasteiger charge is 2.26. The van der Waals surface area contributed by atoms with Crippen LogP contribution in [0.5, 0.6) is 0 Å². The first kappa shape index (κ1) is 62.5. The maximum atomic E-state index is 12.7. The lowest BCUT2D eigenvalue weighted by atomic mass is 10.0. The summed E-state index contributed by atoms with van der Waals surface area (Å²) in [6, 6.07) is 0. The Balaban J connectivity index is 3.97. The van der Waals surface area contributed by atoms with Crippen LogP contribution >= 0.6 is 7.82 Å². The minimum Gasteiger partial charge on any atom is -0.462 e. The van der Waals surface area contributed by atoms with Gasteiger partial charge in [0.25, 0.3) is 0 Å². The van der Waals surface area contributed by atoms with Crippen molar-refractivity contribution in [3.63, 3.8) is 0 Å². The van der Waals surface area contributed by atoms with Gasteiger partial charge in [0.05, 0.1) is 13.2 Å². The number of carbonyl (C=O) groups is 2. The summed E-state index contributed by atoms with van der Waals surface area (Å²) >= 11 is 0. The first-order chi connectivity index (χ1) is 31.3. The van der Waals surface area contributed by atoms with E-state index in [9.17, 15) is 19.0 Å². The molecular weight excluding hydrogens is 822 g/mol. The normalized spacial score (nSPS) is 13.2. The first-order valence-electron chi connectivity index (χ1n) is 27.3. The van der Waals surface area contributed by atoms with E-state index in [0.29, 0.717) is 6.42 Å². The van der Waals surface area contributed by atoms with Crippen LogP contribution in [0.4, 0.5) is 0 Å². The van der Waals surface area contributed by atoms with Gasteiger partial charge in [0.1, 0.15) is 6.61 Å². The van der Waals surface area contributed by atoms with Crippen molar-refractivity contribution >= 4 is 19.8 Å². The highest BCUT2D eigenvalue weighted by Crippen LogP contribution is 2.43. The zero-order valence-corrected chi connectivity index (χ0v) is 42.9. The van der Waals surface area contributed by atoms with Gasteiger partial charge < -0.3 is 20.1 Å². The van der Waals surface area contributed by atoms with E-state index in [-0.39, 0.29) is 38.6 Å². The van der Waals surface area contributed by atoms with Gasteiger partial charge in [0, 0.05) is 19.4 Å². The quantitative estimate of drug-likeness (QED) is 0.0265. The summed E-state index contributed by atoms with van der Waals surface area (Å²) < 4.78 is 33.0. The Morgan fingerprint density at radius 2 is 0.766 bits per heavy atom. The number of carbonyl (C=O) groups excluding carboxylic acids is 2. The van der Waals surface area contributed by atoms with Gasteiger partial charge in [-0.15, -0.1) is 0 Å². The Morgan fingerprint density at radius 3 is 1.11 bits per heavy atom. The van der Waals surface area contributed by atoms with Gasteiger partial charge in [-0.25, -0.2) is 4.57 Å². The molecular formula is C54H104NO8P. The van der Waals surface area contributed by atoms with Gasteiger partial charge >= 0.3 is 19.8 Å². The summed E-state index contributed by atoms with van der Waals surface area (Å²) in [6.45, 7) is 3.78. The largest absolute Gasteiger partial charge is 0.472 e. The summed E-state index contributed by atoms with van der Waals surface area (Å²) in [6.07, 6.45) is 57.9. The van der Waals surface area contributed by atoms with E-state index < -0.39 is 26.5 Å². The molecule has 0 aliphatic rings. The molecule has 64 heavy (non-hydrogen) atoms. The van der Waals surface area contributed by atoms with Crippen LogP contribution in [-0.2, 0) is 32.7 Å². The Bertz CT molecular complexity index is 1100. The highest BCUT2D eigenvalue weighted by molar-refractivity contribution is 7.47. The molecule has 0 spiro atoms. The van der Waals surface area contributed by atoms with Crippen LogP contribution in [-0.4, -0.2) is 49.3 Å². The molecule has 0 aliphatic carbocycles. The summed E-state index contributed by atoms with van der Waals surface area (Å²) in [5.74, 6) is -0.820. The van der Waals surface area contributed by atoms with Gasteiger partial charge in [-0.3, -0.25) is 18.6 Å². The predicted octanol–water partition coefficient (Wildman–Crippen LogP) is 16.7. The number of allylic oxidation sites excluding steroid dienone is 4. The number of hydrogen-bond donors (Lipinski definition) is 2.